The molecular formula is C9H18BNO5. The number of nitrogens with one attached hydrogen (secondary N) is 1. The molecule has 0 aliphatic carbocycles. The maximum absolute atomic E-state index is 10.9. The molecule has 0 radical (unpaired) electrons. The minimum absolute atomic E-state index is 0.0386. The lowest BCUT2D eigenvalue weighted by Crippen LogP contribution is -2.36. The minimum atomic E-state index is -1.34. The molecular weight excluding hydrogens is 213 g/mol. The highest BCUT2D eigenvalue weighted by Crippen LogP contribution is 2.27. The van der Waals surface area contributed by atoms with Gasteiger partial charge in [0.05, 0.1) is 0 Å². The first-order valence-electron chi connectivity index (χ1n) is 5.49. The Labute approximate surface area is 94.4 Å². The molecule has 1 saturated heterocycles. The highest BCUT2D eigenvalue weighted by Gasteiger charge is 2.39. The van der Waals surface area contributed by atoms with Crippen LogP contribution in [0, 0.1) is 11.8 Å². The van der Waals surface area contributed by atoms with E-state index in [1.807, 2.05) is 0 Å². The van der Waals surface area contributed by atoms with Gasteiger partial charge in [0.1, 0.15) is 6.04 Å². The van der Waals surface area contributed by atoms with Crippen molar-refractivity contribution in [1.29, 1.82) is 0 Å². The second-order valence-corrected chi connectivity index (χ2v) is 4.24. The van der Waals surface area contributed by atoms with E-state index in [9.17, 15) is 4.79 Å². The van der Waals surface area contributed by atoms with E-state index in [1.165, 1.54) is 0 Å². The molecule has 7 heteroatoms. The van der Waals surface area contributed by atoms with Crippen molar-refractivity contribution in [2.75, 3.05) is 13.2 Å². The molecule has 5 N–H and O–H groups in total. The second-order valence-electron chi connectivity index (χ2n) is 4.24. The Morgan fingerprint density at radius 3 is 2.62 bits per heavy atom. The fourth-order valence-electron chi connectivity index (χ4n) is 2.26. The highest BCUT2D eigenvalue weighted by molar-refractivity contribution is 6.40. The van der Waals surface area contributed by atoms with Crippen molar-refractivity contribution in [2.45, 2.75) is 25.2 Å². The summed E-state index contributed by atoms with van der Waals surface area (Å²) in [5, 5.41) is 38.3. The van der Waals surface area contributed by atoms with Crippen LogP contribution >= 0.6 is 0 Å². The van der Waals surface area contributed by atoms with Gasteiger partial charge in [0.15, 0.2) is 0 Å². The minimum Gasteiger partial charge on any atom is -0.480 e. The zero-order valence-corrected chi connectivity index (χ0v) is 9.04. The maximum Gasteiger partial charge on any atom is 0.451 e. The van der Waals surface area contributed by atoms with Gasteiger partial charge in [-0.3, -0.25) is 4.79 Å². The molecule has 1 fully saturated rings. The zero-order chi connectivity index (χ0) is 12.1. The fraction of sp³-hybridized carbons (Fsp3) is 0.889. The van der Waals surface area contributed by atoms with Crippen LogP contribution in [0.25, 0.3) is 0 Å². The van der Waals surface area contributed by atoms with E-state index in [0.29, 0.717) is 19.4 Å². The maximum atomic E-state index is 10.9. The van der Waals surface area contributed by atoms with Crippen LogP contribution in [0.5, 0.6) is 0 Å². The number of aliphatic hydroxyl groups excluding tert-OH is 1. The van der Waals surface area contributed by atoms with E-state index in [2.05, 4.69) is 5.32 Å². The lowest BCUT2D eigenvalue weighted by molar-refractivity contribution is -0.140. The average molecular weight is 231 g/mol. The van der Waals surface area contributed by atoms with Gasteiger partial charge in [0, 0.05) is 13.2 Å². The number of aliphatic carboxylic acids is 1. The lowest BCUT2D eigenvalue weighted by Gasteiger charge is -2.20. The Balaban J connectivity index is 2.46. The third-order valence-corrected chi connectivity index (χ3v) is 3.13. The predicted molar refractivity (Wildman–Crippen MR) is 57.7 cm³/mol. The van der Waals surface area contributed by atoms with Gasteiger partial charge in [0.2, 0.25) is 0 Å². The number of carboxylic acid groups (broad SMARTS) is 1. The molecule has 16 heavy (non-hydrogen) atoms. The highest BCUT2D eigenvalue weighted by atomic mass is 16.4. The van der Waals surface area contributed by atoms with Crippen LogP contribution in [0.15, 0.2) is 0 Å². The van der Waals surface area contributed by atoms with E-state index < -0.39 is 19.1 Å². The Kier molecular flexibility index (Phi) is 5.20. The second kappa shape index (κ2) is 6.19. The third kappa shape index (κ3) is 3.45. The number of carbonyl (C=O) groups is 1. The first-order chi connectivity index (χ1) is 7.56. The van der Waals surface area contributed by atoms with Crippen molar-refractivity contribution in [3.63, 3.8) is 0 Å². The smallest absolute Gasteiger partial charge is 0.451 e. The van der Waals surface area contributed by atoms with Gasteiger partial charge in [0.25, 0.3) is 0 Å². The van der Waals surface area contributed by atoms with Gasteiger partial charge < -0.3 is 25.6 Å². The Bertz CT molecular complexity index is 238. The molecule has 0 amide bonds. The third-order valence-electron chi connectivity index (χ3n) is 3.13. The van der Waals surface area contributed by atoms with Gasteiger partial charge in [-0.15, -0.1) is 0 Å². The number of rotatable bonds is 6. The summed E-state index contributed by atoms with van der Waals surface area (Å²) in [6.45, 7) is 0.461. The van der Waals surface area contributed by atoms with Crippen molar-refractivity contribution >= 4 is 13.1 Å². The summed E-state index contributed by atoms with van der Waals surface area (Å²) in [5.74, 6) is -1.11. The molecule has 0 aromatic heterocycles. The molecule has 0 bridgehead atoms. The Morgan fingerprint density at radius 1 is 1.44 bits per heavy atom. The van der Waals surface area contributed by atoms with Crippen LogP contribution in [0.2, 0.25) is 6.32 Å². The van der Waals surface area contributed by atoms with E-state index in [4.69, 9.17) is 20.3 Å². The Morgan fingerprint density at radius 2 is 2.12 bits per heavy atom. The van der Waals surface area contributed by atoms with Crippen molar-refractivity contribution < 1.29 is 25.1 Å². The number of hydrogen-bond donors (Lipinski definition) is 5. The quantitative estimate of drug-likeness (QED) is 0.356. The van der Waals surface area contributed by atoms with Gasteiger partial charge in [-0.25, -0.2) is 0 Å². The summed E-state index contributed by atoms with van der Waals surface area (Å²) in [7, 11) is -1.34. The summed E-state index contributed by atoms with van der Waals surface area (Å²) in [4.78, 5) is 10.9. The zero-order valence-electron chi connectivity index (χ0n) is 9.04. The largest absolute Gasteiger partial charge is 0.480 e. The number of carboxylic acids is 1. The van der Waals surface area contributed by atoms with Crippen LogP contribution in [0.1, 0.15) is 12.8 Å². The molecule has 6 nitrogen and oxygen atoms in total. The van der Waals surface area contributed by atoms with Crippen molar-refractivity contribution in [3.8, 4) is 0 Å². The van der Waals surface area contributed by atoms with Crippen LogP contribution in [0.4, 0.5) is 0 Å². The summed E-state index contributed by atoms with van der Waals surface area (Å²) in [6.07, 6.45) is 1.36. The van der Waals surface area contributed by atoms with Gasteiger partial charge in [-0.2, -0.15) is 0 Å². The molecule has 1 heterocycles. The molecule has 0 aromatic carbocycles. The van der Waals surface area contributed by atoms with Crippen molar-refractivity contribution in [2.24, 2.45) is 11.8 Å². The van der Waals surface area contributed by atoms with Crippen molar-refractivity contribution in [1.82, 2.24) is 5.32 Å². The monoisotopic (exact) mass is 231 g/mol. The first-order valence-corrected chi connectivity index (χ1v) is 5.49. The number of hydrogen-bond acceptors (Lipinski definition) is 5. The van der Waals surface area contributed by atoms with Crippen molar-refractivity contribution in [3.05, 3.63) is 0 Å². The first kappa shape index (κ1) is 13.4. The molecule has 0 aromatic rings. The van der Waals surface area contributed by atoms with Gasteiger partial charge in [-0.05, 0) is 24.6 Å². The molecule has 92 valence electrons. The van der Waals surface area contributed by atoms with Gasteiger partial charge >= 0.3 is 13.1 Å². The standard InChI is InChI=1S/C9H18BNO5/c12-5-6-4-11-8(9(13)14)7(6)2-1-3-10(15)16/h6-8,11-12,15-16H,1-5H2,(H,13,14)/t6?,7-,8+/m1/s1. The van der Waals surface area contributed by atoms with Crippen LogP contribution in [-0.2, 0) is 4.79 Å². The number of aliphatic hydroxyl groups is 1. The topological polar surface area (TPSA) is 110 Å². The summed E-state index contributed by atoms with van der Waals surface area (Å²) in [5.41, 5.74) is 0. The van der Waals surface area contributed by atoms with E-state index >= 15 is 0 Å². The molecule has 0 spiro atoms. The lowest BCUT2D eigenvalue weighted by atomic mass is 9.79. The molecule has 1 aliphatic heterocycles. The molecule has 3 atom stereocenters. The molecule has 1 unspecified atom stereocenters. The van der Waals surface area contributed by atoms with E-state index in [-0.39, 0.29) is 24.8 Å². The van der Waals surface area contributed by atoms with Gasteiger partial charge in [-0.1, -0.05) is 6.42 Å². The SMILES string of the molecule is O=C(O)[C@H]1NCC(CO)[C@H]1CCCB(O)O. The van der Waals surface area contributed by atoms with E-state index in [1.54, 1.807) is 0 Å². The van der Waals surface area contributed by atoms with Crippen LogP contribution in [0.3, 0.4) is 0 Å². The molecule has 1 aliphatic rings. The summed E-state index contributed by atoms with van der Waals surface area (Å²) < 4.78 is 0. The van der Waals surface area contributed by atoms with Crippen LogP contribution in [-0.4, -0.2) is 52.5 Å². The predicted octanol–water partition coefficient (Wildman–Crippen LogP) is -1.48. The molecule has 1 rings (SSSR count). The fourth-order valence-corrected chi connectivity index (χ4v) is 2.26. The Hall–Kier alpha value is -0.625. The average Bonchev–Trinajstić information content (AvgIpc) is 2.60. The summed E-state index contributed by atoms with van der Waals surface area (Å²) >= 11 is 0. The summed E-state index contributed by atoms with van der Waals surface area (Å²) in [6, 6.07) is -0.631. The molecule has 0 saturated carbocycles. The van der Waals surface area contributed by atoms with Crippen LogP contribution < -0.4 is 5.32 Å². The van der Waals surface area contributed by atoms with E-state index in [0.717, 1.165) is 0 Å². The normalized spacial score (nSPS) is 29.3.